The second-order valence-corrected chi connectivity index (χ2v) is 5.42. The van der Waals surface area contributed by atoms with Crippen LogP contribution in [0.4, 0.5) is 0 Å². The predicted molar refractivity (Wildman–Crippen MR) is 70.7 cm³/mol. The van der Waals surface area contributed by atoms with Gasteiger partial charge in [0.1, 0.15) is 6.61 Å². The Balaban J connectivity index is 1.35. The van der Waals surface area contributed by atoms with E-state index in [1.54, 1.807) is 6.92 Å². The van der Waals surface area contributed by atoms with Crippen LogP contribution in [-0.4, -0.2) is 40.2 Å². The van der Waals surface area contributed by atoms with E-state index < -0.39 is 0 Å². The molecule has 1 atom stereocenters. The summed E-state index contributed by atoms with van der Waals surface area (Å²) in [6.45, 7) is 3.40. The third kappa shape index (κ3) is 3.07. The maximum Gasteiger partial charge on any atom is 0.242 e. The minimum atomic E-state index is 0.0882. The van der Waals surface area contributed by atoms with Gasteiger partial charge in [-0.15, -0.1) is 10.2 Å². The topological polar surface area (TPSA) is 68.5 Å². The molecule has 0 spiro atoms. The molecule has 0 saturated carbocycles. The van der Waals surface area contributed by atoms with Crippen molar-refractivity contribution < 1.29 is 13.9 Å². The Bertz CT molecular complexity index is 506. The zero-order valence-electron chi connectivity index (χ0n) is 11.6. The molecule has 1 amide bonds. The van der Waals surface area contributed by atoms with Gasteiger partial charge in [0.25, 0.3) is 0 Å². The molecule has 1 aromatic rings. The fourth-order valence-electron chi connectivity index (χ4n) is 2.55. The summed E-state index contributed by atoms with van der Waals surface area (Å²) in [7, 11) is 0. The average Bonchev–Trinajstić information content (AvgIpc) is 2.99. The maximum absolute atomic E-state index is 12.0. The van der Waals surface area contributed by atoms with Gasteiger partial charge in [-0.1, -0.05) is 12.2 Å². The van der Waals surface area contributed by atoms with Gasteiger partial charge in [-0.2, -0.15) is 0 Å². The predicted octanol–water partition coefficient (Wildman–Crippen LogP) is 1.46. The lowest BCUT2D eigenvalue weighted by atomic mass is 10.0. The summed E-state index contributed by atoms with van der Waals surface area (Å²) in [4.78, 5) is 13.9. The lowest BCUT2D eigenvalue weighted by molar-refractivity contribution is -0.147. The Kier molecular flexibility index (Phi) is 3.82. The second kappa shape index (κ2) is 5.75. The van der Waals surface area contributed by atoms with Gasteiger partial charge in [0, 0.05) is 26.4 Å². The van der Waals surface area contributed by atoms with Crippen molar-refractivity contribution in [1.29, 1.82) is 0 Å². The number of hydrogen-bond donors (Lipinski definition) is 0. The van der Waals surface area contributed by atoms with Gasteiger partial charge in [-0.05, 0) is 18.8 Å². The van der Waals surface area contributed by atoms with Crippen LogP contribution in [0.25, 0.3) is 0 Å². The zero-order chi connectivity index (χ0) is 13.9. The molecule has 1 aliphatic carbocycles. The molecule has 0 radical (unpaired) electrons. The molecule has 1 aliphatic heterocycles. The van der Waals surface area contributed by atoms with Crippen LogP contribution in [0.15, 0.2) is 16.6 Å². The van der Waals surface area contributed by atoms with Gasteiger partial charge in [0.2, 0.25) is 17.7 Å². The number of carbonyl (C=O) groups excluding carboxylic acids is 1. The minimum absolute atomic E-state index is 0.0882. The van der Waals surface area contributed by atoms with Gasteiger partial charge in [-0.25, -0.2) is 0 Å². The van der Waals surface area contributed by atoms with Gasteiger partial charge in [-0.3, -0.25) is 4.79 Å². The highest BCUT2D eigenvalue weighted by atomic mass is 16.5. The van der Waals surface area contributed by atoms with Crippen molar-refractivity contribution in [2.75, 3.05) is 13.1 Å². The van der Waals surface area contributed by atoms with Crippen LogP contribution < -0.4 is 0 Å². The second-order valence-electron chi connectivity index (χ2n) is 5.42. The summed E-state index contributed by atoms with van der Waals surface area (Å²) in [5, 5.41) is 7.61. The van der Waals surface area contributed by atoms with Crippen LogP contribution in [0.2, 0.25) is 0 Å². The van der Waals surface area contributed by atoms with E-state index in [1.165, 1.54) is 0 Å². The van der Waals surface area contributed by atoms with Crippen LogP contribution >= 0.6 is 0 Å². The first-order valence-electron chi connectivity index (χ1n) is 7.06. The quantitative estimate of drug-likeness (QED) is 0.762. The van der Waals surface area contributed by atoms with Gasteiger partial charge in [0.15, 0.2) is 0 Å². The molecule has 1 fully saturated rings. The highest BCUT2D eigenvalue weighted by molar-refractivity contribution is 5.77. The van der Waals surface area contributed by atoms with Crippen molar-refractivity contribution in [2.45, 2.75) is 38.9 Å². The molecule has 2 aliphatic rings. The lowest BCUT2D eigenvalue weighted by Crippen LogP contribution is -2.54. The summed E-state index contributed by atoms with van der Waals surface area (Å²) in [5.74, 6) is 1.70. The molecule has 6 heteroatoms. The fraction of sp³-hybridized carbons (Fsp3) is 0.643. The van der Waals surface area contributed by atoms with Crippen LogP contribution in [-0.2, 0) is 16.1 Å². The number of likely N-dealkylation sites (tertiary alicyclic amines) is 1. The first-order valence-corrected chi connectivity index (χ1v) is 7.06. The molecule has 1 saturated heterocycles. The van der Waals surface area contributed by atoms with E-state index in [2.05, 4.69) is 22.3 Å². The molecule has 0 aromatic carbocycles. The Morgan fingerprint density at radius 2 is 2.35 bits per heavy atom. The molecular weight excluding hydrogens is 258 g/mol. The first-order chi connectivity index (χ1) is 9.70. The lowest BCUT2D eigenvalue weighted by Gasteiger charge is -2.39. The molecule has 1 unspecified atom stereocenters. The van der Waals surface area contributed by atoms with Crippen LogP contribution in [0.3, 0.4) is 0 Å². The third-order valence-corrected chi connectivity index (χ3v) is 3.76. The molecule has 6 nitrogen and oxygen atoms in total. The zero-order valence-corrected chi connectivity index (χ0v) is 11.6. The van der Waals surface area contributed by atoms with Gasteiger partial charge >= 0.3 is 0 Å². The van der Waals surface area contributed by atoms with Gasteiger partial charge in [0.05, 0.1) is 6.10 Å². The molecular formula is C14H19N3O3. The Morgan fingerprint density at radius 3 is 3.00 bits per heavy atom. The molecule has 3 rings (SSSR count). The number of ether oxygens (including phenoxy) is 1. The summed E-state index contributed by atoms with van der Waals surface area (Å²) in [6.07, 6.45) is 7.25. The number of allylic oxidation sites excluding steroid dienone is 2. The Morgan fingerprint density at radius 1 is 1.50 bits per heavy atom. The molecule has 0 bridgehead atoms. The van der Waals surface area contributed by atoms with Crippen molar-refractivity contribution in [3.8, 4) is 0 Å². The van der Waals surface area contributed by atoms with Gasteiger partial charge < -0.3 is 14.1 Å². The fourth-order valence-corrected chi connectivity index (χ4v) is 2.55. The standard InChI is InChI=1S/C14H19N3O3/c1-10-15-16-13(20-10)9-19-12-7-17(8-12)14(18)6-11-4-2-3-5-11/h2,4,11-12H,3,5-9H2,1H3. The first kappa shape index (κ1) is 13.3. The van der Waals surface area contributed by atoms with Crippen molar-refractivity contribution in [2.24, 2.45) is 5.92 Å². The Labute approximate surface area is 117 Å². The van der Waals surface area contributed by atoms with E-state index >= 15 is 0 Å². The molecule has 1 aromatic heterocycles. The largest absolute Gasteiger partial charge is 0.423 e. The molecule has 20 heavy (non-hydrogen) atoms. The monoisotopic (exact) mass is 277 g/mol. The van der Waals surface area contributed by atoms with Crippen molar-refractivity contribution in [3.05, 3.63) is 23.9 Å². The SMILES string of the molecule is Cc1nnc(COC2CN(C(=O)CC3C=CCC3)C2)o1. The number of rotatable bonds is 5. The number of carbonyl (C=O) groups is 1. The average molecular weight is 277 g/mol. The van der Waals surface area contributed by atoms with Crippen molar-refractivity contribution in [1.82, 2.24) is 15.1 Å². The van der Waals surface area contributed by atoms with Crippen LogP contribution in [0, 0.1) is 12.8 Å². The number of hydrogen-bond acceptors (Lipinski definition) is 5. The number of nitrogens with zero attached hydrogens (tertiary/aromatic N) is 3. The number of aryl methyl sites for hydroxylation is 1. The molecule has 0 N–H and O–H groups in total. The van der Waals surface area contributed by atoms with Crippen molar-refractivity contribution in [3.63, 3.8) is 0 Å². The van der Waals surface area contributed by atoms with E-state index in [0.717, 1.165) is 12.8 Å². The van der Waals surface area contributed by atoms with Crippen molar-refractivity contribution >= 4 is 5.91 Å². The smallest absolute Gasteiger partial charge is 0.242 e. The summed E-state index contributed by atoms with van der Waals surface area (Å²) >= 11 is 0. The van der Waals surface area contributed by atoms with E-state index in [9.17, 15) is 4.79 Å². The van der Waals surface area contributed by atoms with Crippen LogP contribution in [0.5, 0.6) is 0 Å². The minimum Gasteiger partial charge on any atom is -0.423 e. The van der Waals surface area contributed by atoms with E-state index in [1.807, 2.05) is 4.90 Å². The summed E-state index contributed by atoms with van der Waals surface area (Å²) in [5.41, 5.74) is 0. The summed E-state index contributed by atoms with van der Waals surface area (Å²) in [6, 6.07) is 0. The normalized spacial score (nSPS) is 22.2. The maximum atomic E-state index is 12.0. The summed E-state index contributed by atoms with van der Waals surface area (Å²) < 4.78 is 10.9. The number of amides is 1. The Hall–Kier alpha value is -1.69. The van der Waals surface area contributed by atoms with E-state index in [-0.39, 0.29) is 12.0 Å². The number of aromatic nitrogens is 2. The highest BCUT2D eigenvalue weighted by Gasteiger charge is 2.32. The third-order valence-electron chi connectivity index (χ3n) is 3.76. The highest BCUT2D eigenvalue weighted by Crippen LogP contribution is 2.23. The molecule has 108 valence electrons. The van der Waals surface area contributed by atoms with E-state index in [0.29, 0.717) is 43.8 Å². The van der Waals surface area contributed by atoms with Crippen LogP contribution in [0.1, 0.15) is 31.0 Å². The molecule has 2 heterocycles. The van der Waals surface area contributed by atoms with E-state index in [4.69, 9.17) is 9.15 Å².